The van der Waals surface area contributed by atoms with Gasteiger partial charge in [-0.05, 0) is 75.3 Å². The summed E-state index contributed by atoms with van der Waals surface area (Å²) in [7, 11) is 0. The first-order valence-corrected chi connectivity index (χ1v) is 14.1. The molecule has 3 aliphatic rings. The minimum atomic E-state index is -0.330. The summed E-state index contributed by atoms with van der Waals surface area (Å²) in [5.74, 6) is 1.87. The van der Waals surface area contributed by atoms with Crippen molar-refractivity contribution in [1.82, 2.24) is 9.80 Å². The van der Waals surface area contributed by atoms with Gasteiger partial charge in [-0.2, -0.15) is 0 Å². The standard InChI is InChI=1S/C30H40ClN3O2/c1-23(2)36-28-9-4-3-8-27(28)33-19-17-32(18-20-33)21-24-7-5-16-34(22-24)29(35)30(14-6-15-30)25-10-12-26(31)13-11-25/h3-4,8-13,23-24H,5-7,14-22H2,1-2H3. The van der Waals surface area contributed by atoms with E-state index in [1.165, 1.54) is 12.1 Å². The molecule has 3 fully saturated rings. The summed E-state index contributed by atoms with van der Waals surface area (Å²) < 4.78 is 6.06. The molecule has 1 amide bonds. The molecule has 5 nitrogen and oxygen atoms in total. The second-order valence-electron chi connectivity index (χ2n) is 11.1. The van der Waals surface area contributed by atoms with Crippen LogP contribution in [0, 0.1) is 5.92 Å². The quantitative estimate of drug-likeness (QED) is 0.486. The highest BCUT2D eigenvalue weighted by atomic mass is 35.5. The molecule has 2 aliphatic heterocycles. The van der Waals surface area contributed by atoms with Crippen LogP contribution in [0.1, 0.15) is 51.5 Å². The van der Waals surface area contributed by atoms with Crippen LogP contribution in [0.5, 0.6) is 5.75 Å². The van der Waals surface area contributed by atoms with Crippen LogP contribution in [0.25, 0.3) is 0 Å². The van der Waals surface area contributed by atoms with E-state index in [-0.39, 0.29) is 11.5 Å². The van der Waals surface area contributed by atoms with Crippen molar-refractivity contribution in [2.45, 2.75) is 57.5 Å². The fourth-order valence-corrected chi connectivity index (χ4v) is 6.36. The van der Waals surface area contributed by atoms with E-state index >= 15 is 0 Å². The van der Waals surface area contributed by atoms with E-state index in [0.29, 0.717) is 11.8 Å². The van der Waals surface area contributed by atoms with Crippen molar-refractivity contribution in [3.8, 4) is 5.75 Å². The van der Waals surface area contributed by atoms with Gasteiger partial charge in [-0.15, -0.1) is 0 Å². The lowest BCUT2D eigenvalue weighted by Crippen LogP contribution is -2.55. The number of hydrogen-bond donors (Lipinski definition) is 0. The van der Waals surface area contributed by atoms with E-state index in [0.717, 1.165) is 87.8 Å². The smallest absolute Gasteiger partial charge is 0.233 e. The maximum Gasteiger partial charge on any atom is 0.233 e. The molecule has 6 heteroatoms. The average molecular weight is 510 g/mol. The van der Waals surface area contributed by atoms with Crippen molar-refractivity contribution in [3.63, 3.8) is 0 Å². The van der Waals surface area contributed by atoms with Gasteiger partial charge in [-0.25, -0.2) is 0 Å². The van der Waals surface area contributed by atoms with Crippen molar-refractivity contribution >= 4 is 23.2 Å². The number of carbonyl (C=O) groups excluding carboxylic acids is 1. The molecule has 1 aliphatic carbocycles. The van der Waals surface area contributed by atoms with Gasteiger partial charge in [0.1, 0.15) is 5.75 Å². The normalized spacial score (nSPS) is 22.4. The number of hydrogen-bond acceptors (Lipinski definition) is 4. The van der Waals surface area contributed by atoms with Gasteiger partial charge < -0.3 is 14.5 Å². The number of nitrogens with zero attached hydrogens (tertiary/aromatic N) is 3. The fraction of sp³-hybridized carbons (Fsp3) is 0.567. The molecule has 194 valence electrons. The van der Waals surface area contributed by atoms with E-state index in [9.17, 15) is 4.79 Å². The maximum atomic E-state index is 13.8. The number of likely N-dealkylation sites (tertiary alicyclic amines) is 1. The largest absolute Gasteiger partial charge is 0.489 e. The molecule has 5 rings (SSSR count). The second kappa shape index (κ2) is 11.0. The Morgan fingerprint density at radius 1 is 1.00 bits per heavy atom. The molecule has 2 heterocycles. The van der Waals surface area contributed by atoms with Crippen molar-refractivity contribution in [3.05, 3.63) is 59.1 Å². The van der Waals surface area contributed by atoms with Gasteiger partial charge in [-0.3, -0.25) is 9.69 Å². The number of rotatable bonds is 7. The number of anilines is 1. The number of carbonyl (C=O) groups is 1. The van der Waals surface area contributed by atoms with Crippen molar-refractivity contribution in [1.29, 1.82) is 0 Å². The summed E-state index contributed by atoms with van der Waals surface area (Å²) in [6.45, 7) is 11.1. The third-order valence-electron chi connectivity index (χ3n) is 8.28. The highest BCUT2D eigenvalue weighted by molar-refractivity contribution is 6.30. The van der Waals surface area contributed by atoms with Crippen LogP contribution >= 0.6 is 11.6 Å². The predicted molar refractivity (Wildman–Crippen MR) is 147 cm³/mol. The zero-order valence-corrected chi connectivity index (χ0v) is 22.6. The molecule has 1 atom stereocenters. The Morgan fingerprint density at radius 2 is 1.72 bits per heavy atom. The number of benzene rings is 2. The van der Waals surface area contributed by atoms with E-state index in [2.05, 4.69) is 58.9 Å². The number of piperidine rings is 1. The van der Waals surface area contributed by atoms with Crippen LogP contribution in [0.15, 0.2) is 48.5 Å². The number of ether oxygens (including phenoxy) is 1. The Bertz CT molecular complexity index is 1030. The topological polar surface area (TPSA) is 36.0 Å². The highest BCUT2D eigenvalue weighted by Crippen LogP contribution is 2.46. The Hall–Kier alpha value is -2.24. The number of amides is 1. The molecule has 2 saturated heterocycles. The van der Waals surface area contributed by atoms with E-state index in [1.807, 2.05) is 18.2 Å². The van der Waals surface area contributed by atoms with Crippen LogP contribution in [-0.2, 0) is 10.2 Å². The molecule has 1 saturated carbocycles. The molecular formula is C30H40ClN3O2. The monoisotopic (exact) mass is 509 g/mol. The average Bonchev–Trinajstić information content (AvgIpc) is 2.85. The first-order valence-electron chi connectivity index (χ1n) is 13.7. The lowest BCUT2D eigenvalue weighted by molar-refractivity contribution is -0.143. The summed E-state index contributed by atoms with van der Waals surface area (Å²) in [6, 6.07) is 16.4. The summed E-state index contributed by atoms with van der Waals surface area (Å²) in [5.41, 5.74) is 2.01. The fourth-order valence-electron chi connectivity index (χ4n) is 6.23. The van der Waals surface area contributed by atoms with Crippen LogP contribution in [0.2, 0.25) is 5.02 Å². The van der Waals surface area contributed by atoms with Gasteiger partial charge in [0.05, 0.1) is 17.2 Å². The van der Waals surface area contributed by atoms with E-state index in [1.54, 1.807) is 0 Å². The van der Waals surface area contributed by atoms with Crippen molar-refractivity contribution in [2.24, 2.45) is 5.92 Å². The Balaban J connectivity index is 1.17. The Kier molecular flexibility index (Phi) is 7.78. The van der Waals surface area contributed by atoms with E-state index < -0.39 is 0 Å². The number of para-hydroxylation sites is 2. The van der Waals surface area contributed by atoms with Crippen LogP contribution in [-0.4, -0.2) is 67.6 Å². The summed E-state index contributed by atoms with van der Waals surface area (Å²) in [5, 5.41) is 0.731. The molecule has 0 bridgehead atoms. The minimum Gasteiger partial charge on any atom is -0.489 e. The first kappa shape index (κ1) is 25.4. The molecule has 0 aromatic heterocycles. The molecule has 1 unspecified atom stereocenters. The molecule has 0 spiro atoms. The molecular weight excluding hydrogens is 470 g/mol. The molecule has 2 aromatic carbocycles. The van der Waals surface area contributed by atoms with Gasteiger partial charge in [0.15, 0.2) is 0 Å². The summed E-state index contributed by atoms with van der Waals surface area (Å²) in [4.78, 5) is 21.0. The van der Waals surface area contributed by atoms with Gasteiger partial charge in [-0.1, -0.05) is 42.3 Å². The van der Waals surface area contributed by atoms with Gasteiger partial charge in [0, 0.05) is 50.8 Å². The first-order chi connectivity index (χ1) is 17.4. The molecule has 2 aromatic rings. The third-order valence-corrected chi connectivity index (χ3v) is 8.53. The minimum absolute atomic E-state index is 0.170. The Morgan fingerprint density at radius 3 is 2.39 bits per heavy atom. The van der Waals surface area contributed by atoms with Gasteiger partial charge >= 0.3 is 0 Å². The number of piperazine rings is 1. The highest BCUT2D eigenvalue weighted by Gasteiger charge is 2.48. The third kappa shape index (κ3) is 5.38. The van der Waals surface area contributed by atoms with Crippen LogP contribution in [0.3, 0.4) is 0 Å². The number of halogens is 1. The Labute approximate surface area is 221 Å². The molecule has 0 N–H and O–H groups in total. The SMILES string of the molecule is CC(C)Oc1ccccc1N1CCN(CC2CCCN(C(=O)C3(c4ccc(Cl)cc4)CCC3)C2)CC1. The van der Waals surface area contributed by atoms with Crippen LogP contribution < -0.4 is 9.64 Å². The predicted octanol–water partition coefficient (Wildman–Crippen LogP) is 5.61. The summed E-state index contributed by atoms with van der Waals surface area (Å²) in [6.07, 6.45) is 5.53. The second-order valence-corrected chi connectivity index (χ2v) is 11.6. The van der Waals surface area contributed by atoms with Crippen LogP contribution in [0.4, 0.5) is 5.69 Å². The molecule has 36 heavy (non-hydrogen) atoms. The lowest BCUT2D eigenvalue weighted by Gasteiger charge is -2.46. The van der Waals surface area contributed by atoms with E-state index in [4.69, 9.17) is 16.3 Å². The van der Waals surface area contributed by atoms with Crippen molar-refractivity contribution < 1.29 is 9.53 Å². The van der Waals surface area contributed by atoms with Crippen molar-refractivity contribution in [2.75, 3.05) is 50.7 Å². The zero-order chi connectivity index (χ0) is 25.1. The summed E-state index contributed by atoms with van der Waals surface area (Å²) >= 11 is 6.13. The maximum absolute atomic E-state index is 13.8. The van der Waals surface area contributed by atoms with Gasteiger partial charge in [0.2, 0.25) is 5.91 Å². The van der Waals surface area contributed by atoms with Gasteiger partial charge in [0.25, 0.3) is 0 Å². The molecule has 0 radical (unpaired) electrons. The lowest BCUT2D eigenvalue weighted by atomic mass is 9.63. The zero-order valence-electron chi connectivity index (χ0n) is 21.8.